The molecule has 2 aromatic carbocycles. The number of allylic oxidation sites excluding steroid dienone is 2. The van der Waals surface area contributed by atoms with Crippen LogP contribution in [0.15, 0.2) is 82.7 Å². The van der Waals surface area contributed by atoms with E-state index in [4.69, 9.17) is 0 Å². The third-order valence-electron chi connectivity index (χ3n) is 6.52. The first-order valence-electron chi connectivity index (χ1n) is 11.6. The molecule has 1 saturated carbocycles. The van der Waals surface area contributed by atoms with Crippen LogP contribution in [0.2, 0.25) is 0 Å². The smallest absolute Gasteiger partial charge is 0.341 e. The highest BCUT2D eigenvalue weighted by Gasteiger charge is 2.41. The number of rotatable bonds is 7. The minimum atomic E-state index is -4.51. The van der Waals surface area contributed by atoms with Crippen LogP contribution in [0.1, 0.15) is 55.7 Å². The highest BCUT2D eigenvalue weighted by atomic mass is 19.4. The molecule has 2 aromatic rings. The first-order valence-corrected chi connectivity index (χ1v) is 11.6. The first kappa shape index (κ1) is 23.8. The van der Waals surface area contributed by atoms with E-state index in [1.807, 2.05) is 37.3 Å². The molecular formula is C28H27F3N2O. The van der Waals surface area contributed by atoms with E-state index in [0.29, 0.717) is 23.6 Å². The molecule has 1 heterocycles. The predicted octanol–water partition coefficient (Wildman–Crippen LogP) is 6.51. The number of benzene rings is 2. The number of hydrogen-bond acceptors (Lipinski definition) is 2. The van der Waals surface area contributed by atoms with Gasteiger partial charge in [0.25, 0.3) is 0 Å². The Morgan fingerprint density at radius 3 is 2.44 bits per heavy atom. The Labute approximate surface area is 197 Å². The number of halogens is 3. The second-order valence-corrected chi connectivity index (χ2v) is 9.11. The monoisotopic (exact) mass is 464 g/mol. The van der Waals surface area contributed by atoms with Gasteiger partial charge in [-0.2, -0.15) is 18.2 Å². The van der Waals surface area contributed by atoms with E-state index >= 15 is 0 Å². The minimum Gasteiger partial charge on any atom is -0.341 e. The number of nitrogens with zero attached hydrogens (tertiary/aromatic N) is 1. The normalized spacial score (nSPS) is 17.8. The van der Waals surface area contributed by atoms with Crippen molar-refractivity contribution in [3.63, 3.8) is 0 Å². The molecule has 1 atom stereocenters. The quantitative estimate of drug-likeness (QED) is 0.467. The van der Waals surface area contributed by atoms with Crippen LogP contribution < -0.4 is 5.32 Å². The predicted molar refractivity (Wildman–Crippen MR) is 126 cm³/mol. The first-order chi connectivity index (χ1) is 16.3. The summed E-state index contributed by atoms with van der Waals surface area (Å²) in [5.74, 6) is 2.84. The van der Waals surface area contributed by atoms with Crippen LogP contribution in [0.3, 0.4) is 0 Å². The number of aliphatic imine (C=N–C) groups is 1. The van der Waals surface area contributed by atoms with Crippen LogP contribution in [-0.4, -0.2) is 11.8 Å². The Kier molecular flexibility index (Phi) is 6.92. The zero-order valence-electron chi connectivity index (χ0n) is 19.1. The molecular weight excluding hydrogens is 437 g/mol. The fourth-order valence-corrected chi connectivity index (χ4v) is 4.82. The SMILES string of the molecule is CC1=C=C=NC(C(Cc2ccccc2)(NC(=O)CC2CCCC2)c2cccc(C(F)(F)F)c2)=C1. The van der Waals surface area contributed by atoms with Gasteiger partial charge >= 0.3 is 6.18 Å². The van der Waals surface area contributed by atoms with E-state index in [0.717, 1.165) is 49.0 Å². The van der Waals surface area contributed by atoms with Gasteiger partial charge in [0, 0.05) is 24.3 Å². The molecule has 0 radical (unpaired) electrons. The fraction of sp³-hybridized carbons (Fsp3) is 0.357. The molecule has 34 heavy (non-hydrogen) atoms. The molecule has 1 unspecified atom stereocenters. The molecule has 4 rings (SSSR count). The highest BCUT2D eigenvalue weighted by molar-refractivity contribution is 5.78. The van der Waals surface area contributed by atoms with Crippen molar-refractivity contribution in [3.05, 3.63) is 94.4 Å². The Hall–Kier alpha value is -3.33. The van der Waals surface area contributed by atoms with Gasteiger partial charge in [0.1, 0.15) is 5.54 Å². The summed E-state index contributed by atoms with van der Waals surface area (Å²) in [4.78, 5) is 17.7. The zero-order chi connectivity index (χ0) is 24.2. The van der Waals surface area contributed by atoms with E-state index in [-0.39, 0.29) is 12.3 Å². The van der Waals surface area contributed by atoms with Crippen molar-refractivity contribution in [1.82, 2.24) is 5.32 Å². The van der Waals surface area contributed by atoms with Crippen LogP contribution in [0.25, 0.3) is 0 Å². The van der Waals surface area contributed by atoms with E-state index in [1.54, 1.807) is 12.1 Å². The molecule has 6 heteroatoms. The standard InChI is InChI=1S/C28H27F3N2O/c1-20-14-15-32-25(16-20)27(19-22-10-3-2-4-11-22,33-26(34)17-21-8-5-6-9-21)23-12-7-13-24(18-23)28(29,30)31/h2-4,7,10-13,16,18,21H,5-6,8-9,17,19H2,1H3,(H,33,34). The van der Waals surface area contributed by atoms with E-state index in [9.17, 15) is 18.0 Å². The number of carbonyl (C=O) groups is 1. The van der Waals surface area contributed by atoms with Crippen molar-refractivity contribution in [3.8, 4) is 0 Å². The molecule has 1 aliphatic heterocycles. The van der Waals surface area contributed by atoms with Crippen molar-refractivity contribution >= 4 is 11.8 Å². The molecule has 0 spiro atoms. The summed E-state index contributed by atoms with van der Waals surface area (Å²) in [6, 6.07) is 14.6. The largest absolute Gasteiger partial charge is 0.416 e. The second-order valence-electron chi connectivity index (χ2n) is 9.11. The maximum Gasteiger partial charge on any atom is 0.416 e. The third kappa shape index (κ3) is 5.41. The van der Waals surface area contributed by atoms with Crippen molar-refractivity contribution in [2.24, 2.45) is 10.9 Å². The van der Waals surface area contributed by atoms with Gasteiger partial charge in [-0.25, -0.2) is 0 Å². The number of hydrogen-bond donors (Lipinski definition) is 1. The summed E-state index contributed by atoms with van der Waals surface area (Å²) >= 11 is 0. The van der Waals surface area contributed by atoms with Crippen LogP contribution in [0, 0.1) is 5.92 Å². The summed E-state index contributed by atoms with van der Waals surface area (Å²) in [6.45, 7) is 1.82. The second kappa shape index (κ2) is 9.89. The van der Waals surface area contributed by atoms with E-state index in [2.05, 4.69) is 21.9 Å². The summed E-state index contributed by atoms with van der Waals surface area (Å²) in [5, 5.41) is 3.14. The molecule has 0 aromatic heterocycles. The summed E-state index contributed by atoms with van der Waals surface area (Å²) in [5.41, 5.74) is 3.19. The van der Waals surface area contributed by atoms with Crippen molar-refractivity contribution in [2.45, 2.75) is 57.2 Å². The lowest BCUT2D eigenvalue weighted by Crippen LogP contribution is -2.49. The molecule has 1 N–H and O–H groups in total. The van der Waals surface area contributed by atoms with Crippen molar-refractivity contribution in [1.29, 1.82) is 0 Å². The number of amides is 1. The molecule has 0 saturated heterocycles. The Balaban J connectivity index is 1.85. The average Bonchev–Trinajstić information content (AvgIpc) is 3.32. The van der Waals surface area contributed by atoms with Crippen molar-refractivity contribution in [2.75, 3.05) is 0 Å². The Morgan fingerprint density at radius 1 is 1.06 bits per heavy atom. The lowest BCUT2D eigenvalue weighted by atomic mass is 9.79. The summed E-state index contributed by atoms with van der Waals surface area (Å²) < 4.78 is 41.0. The lowest BCUT2D eigenvalue weighted by Gasteiger charge is -2.37. The van der Waals surface area contributed by atoms with Gasteiger partial charge in [-0.05, 0) is 60.8 Å². The lowest BCUT2D eigenvalue weighted by molar-refractivity contribution is -0.137. The third-order valence-corrected chi connectivity index (χ3v) is 6.52. The Morgan fingerprint density at radius 2 is 1.76 bits per heavy atom. The van der Waals surface area contributed by atoms with Gasteiger partial charge in [0.15, 0.2) is 0 Å². The van der Waals surface area contributed by atoms with Crippen LogP contribution in [0.5, 0.6) is 0 Å². The highest BCUT2D eigenvalue weighted by Crippen LogP contribution is 2.39. The fourth-order valence-electron chi connectivity index (χ4n) is 4.82. The number of nitrogens with one attached hydrogen (secondary N) is 1. The van der Waals surface area contributed by atoms with Gasteiger partial charge in [-0.15, -0.1) is 0 Å². The van der Waals surface area contributed by atoms with Gasteiger partial charge in [-0.1, -0.05) is 55.3 Å². The van der Waals surface area contributed by atoms with Gasteiger partial charge < -0.3 is 5.32 Å². The maximum absolute atomic E-state index is 13.7. The molecule has 176 valence electrons. The van der Waals surface area contributed by atoms with E-state index in [1.165, 1.54) is 6.07 Å². The number of alkyl halides is 3. The molecule has 1 fully saturated rings. The van der Waals surface area contributed by atoms with Crippen LogP contribution >= 0.6 is 0 Å². The van der Waals surface area contributed by atoms with Crippen LogP contribution in [0.4, 0.5) is 13.2 Å². The summed E-state index contributed by atoms with van der Waals surface area (Å²) in [6.07, 6.45) is 2.03. The molecule has 1 amide bonds. The summed E-state index contributed by atoms with van der Waals surface area (Å²) in [7, 11) is 0. The number of carbonyl (C=O) groups excluding carboxylic acids is 1. The van der Waals surface area contributed by atoms with Crippen LogP contribution in [-0.2, 0) is 22.9 Å². The van der Waals surface area contributed by atoms with Gasteiger partial charge in [0.2, 0.25) is 5.91 Å². The topological polar surface area (TPSA) is 41.5 Å². The van der Waals surface area contributed by atoms with Gasteiger partial charge in [-0.3, -0.25) is 4.79 Å². The van der Waals surface area contributed by atoms with Gasteiger partial charge in [0.05, 0.1) is 11.3 Å². The Bertz CT molecular complexity index is 1180. The minimum absolute atomic E-state index is 0.187. The van der Waals surface area contributed by atoms with Crippen molar-refractivity contribution < 1.29 is 18.0 Å². The molecule has 2 aliphatic rings. The van der Waals surface area contributed by atoms with E-state index < -0.39 is 17.3 Å². The molecule has 3 nitrogen and oxygen atoms in total. The zero-order valence-corrected chi connectivity index (χ0v) is 19.1. The molecule has 0 bridgehead atoms. The molecule has 1 aliphatic carbocycles. The maximum atomic E-state index is 13.7. The average molecular weight is 465 g/mol.